The summed E-state index contributed by atoms with van der Waals surface area (Å²) in [5, 5.41) is 3.14. The van der Waals surface area contributed by atoms with E-state index < -0.39 is 6.10 Å². The maximum atomic E-state index is 12.3. The van der Waals surface area contributed by atoms with Crippen molar-refractivity contribution < 1.29 is 14.3 Å². The SMILES string of the molecule is C[C@H](OC[C@H]1CCCCO1)C(=O)N[C@H]1CCN(Cc2ccccc2)C1. The molecule has 2 fully saturated rings. The number of amides is 1. The molecule has 1 aromatic carbocycles. The number of hydrogen-bond donors (Lipinski definition) is 1. The molecule has 5 nitrogen and oxygen atoms in total. The molecule has 2 aliphatic rings. The maximum absolute atomic E-state index is 12.3. The predicted octanol–water partition coefficient (Wildman–Crippen LogP) is 2.35. The number of nitrogens with one attached hydrogen (secondary N) is 1. The third-order valence-corrected chi connectivity index (χ3v) is 5.04. The van der Waals surface area contributed by atoms with E-state index in [1.165, 1.54) is 12.0 Å². The Kier molecular flexibility index (Phi) is 6.84. The summed E-state index contributed by atoms with van der Waals surface area (Å²) in [5.74, 6) is -0.0117. The zero-order valence-corrected chi connectivity index (χ0v) is 15.2. The number of benzene rings is 1. The second-order valence-corrected chi connectivity index (χ2v) is 7.18. The summed E-state index contributed by atoms with van der Waals surface area (Å²) >= 11 is 0. The van der Waals surface area contributed by atoms with Gasteiger partial charge in [-0.05, 0) is 38.2 Å². The van der Waals surface area contributed by atoms with Gasteiger partial charge >= 0.3 is 0 Å². The van der Waals surface area contributed by atoms with Crippen LogP contribution < -0.4 is 5.32 Å². The molecule has 1 aromatic rings. The number of nitrogens with zero attached hydrogens (tertiary/aromatic N) is 1. The molecule has 0 bridgehead atoms. The van der Waals surface area contributed by atoms with Gasteiger partial charge in [-0.25, -0.2) is 0 Å². The minimum absolute atomic E-state index is 0.0117. The topological polar surface area (TPSA) is 50.8 Å². The Morgan fingerprint density at radius 2 is 2.16 bits per heavy atom. The second kappa shape index (κ2) is 9.32. The summed E-state index contributed by atoms with van der Waals surface area (Å²) in [6.45, 7) is 6.02. The van der Waals surface area contributed by atoms with Crippen LogP contribution in [0.25, 0.3) is 0 Å². The van der Waals surface area contributed by atoms with E-state index in [1.807, 2.05) is 13.0 Å². The van der Waals surface area contributed by atoms with Crippen molar-refractivity contribution in [2.24, 2.45) is 0 Å². The Balaban J connectivity index is 1.36. The lowest BCUT2D eigenvalue weighted by atomic mass is 10.1. The van der Waals surface area contributed by atoms with Crippen LogP contribution in [0.15, 0.2) is 30.3 Å². The first-order valence-corrected chi connectivity index (χ1v) is 9.50. The van der Waals surface area contributed by atoms with E-state index in [1.54, 1.807) is 0 Å². The number of carbonyl (C=O) groups is 1. The van der Waals surface area contributed by atoms with Gasteiger partial charge in [-0.2, -0.15) is 0 Å². The highest BCUT2D eigenvalue weighted by molar-refractivity contribution is 5.80. The lowest BCUT2D eigenvalue weighted by molar-refractivity contribution is -0.136. The molecule has 0 saturated carbocycles. The Hall–Kier alpha value is -1.43. The molecular formula is C20H30N2O3. The molecule has 0 unspecified atom stereocenters. The van der Waals surface area contributed by atoms with E-state index in [-0.39, 0.29) is 18.1 Å². The number of likely N-dealkylation sites (tertiary alicyclic amines) is 1. The van der Waals surface area contributed by atoms with Crippen LogP contribution in [0.2, 0.25) is 0 Å². The molecular weight excluding hydrogens is 316 g/mol. The first kappa shape index (κ1) is 18.4. The van der Waals surface area contributed by atoms with Gasteiger partial charge in [0.25, 0.3) is 0 Å². The van der Waals surface area contributed by atoms with Crippen LogP contribution in [0.1, 0.15) is 38.2 Å². The molecule has 0 aliphatic carbocycles. The highest BCUT2D eigenvalue weighted by atomic mass is 16.5. The first-order chi connectivity index (χ1) is 12.2. The zero-order chi connectivity index (χ0) is 17.5. The van der Waals surface area contributed by atoms with Crippen LogP contribution in [-0.2, 0) is 20.8 Å². The molecule has 3 atom stereocenters. The zero-order valence-electron chi connectivity index (χ0n) is 15.2. The summed E-state index contributed by atoms with van der Waals surface area (Å²) in [6.07, 6.45) is 4.08. The van der Waals surface area contributed by atoms with Crippen LogP contribution in [0.5, 0.6) is 0 Å². The van der Waals surface area contributed by atoms with Gasteiger partial charge in [-0.1, -0.05) is 30.3 Å². The summed E-state index contributed by atoms with van der Waals surface area (Å²) < 4.78 is 11.4. The highest BCUT2D eigenvalue weighted by Gasteiger charge is 2.26. The average Bonchev–Trinajstić information content (AvgIpc) is 3.08. The van der Waals surface area contributed by atoms with Crippen molar-refractivity contribution in [1.29, 1.82) is 0 Å². The molecule has 2 heterocycles. The van der Waals surface area contributed by atoms with Crippen molar-refractivity contribution in [3.63, 3.8) is 0 Å². The van der Waals surface area contributed by atoms with Gasteiger partial charge in [-0.3, -0.25) is 9.69 Å². The first-order valence-electron chi connectivity index (χ1n) is 9.50. The Bertz CT molecular complexity index is 531. The predicted molar refractivity (Wildman–Crippen MR) is 97.3 cm³/mol. The Morgan fingerprint density at radius 3 is 2.92 bits per heavy atom. The maximum Gasteiger partial charge on any atom is 0.249 e. The van der Waals surface area contributed by atoms with Gasteiger partial charge in [0, 0.05) is 32.3 Å². The molecule has 1 amide bonds. The standard InChI is InChI=1S/C20H30N2O3/c1-16(25-15-19-9-5-6-12-24-19)20(23)21-18-10-11-22(14-18)13-17-7-3-2-4-8-17/h2-4,7-8,16,18-19H,5-6,9-15H2,1H3,(H,21,23)/t16-,18-,19+/m0/s1. The molecule has 2 saturated heterocycles. The van der Waals surface area contributed by atoms with Crippen LogP contribution in [-0.4, -0.2) is 55.4 Å². The molecule has 3 rings (SSSR count). The molecule has 1 N–H and O–H groups in total. The highest BCUT2D eigenvalue weighted by Crippen LogP contribution is 2.15. The fourth-order valence-electron chi connectivity index (χ4n) is 3.52. The fourth-order valence-corrected chi connectivity index (χ4v) is 3.52. The van der Waals surface area contributed by atoms with E-state index in [2.05, 4.69) is 34.5 Å². The number of rotatable bonds is 7. The van der Waals surface area contributed by atoms with Crippen molar-refractivity contribution >= 4 is 5.91 Å². The van der Waals surface area contributed by atoms with Crippen molar-refractivity contribution in [2.75, 3.05) is 26.3 Å². The van der Waals surface area contributed by atoms with Gasteiger partial charge in [0.2, 0.25) is 5.91 Å². The van der Waals surface area contributed by atoms with Crippen LogP contribution in [0, 0.1) is 0 Å². The van der Waals surface area contributed by atoms with Crippen molar-refractivity contribution in [2.45, 2.75) is 57.4 Å². The van der Waals surface area contributed by atoms with Gasteiger partial charge in [-0.15, -0.1) is 0 Å². The Labute approximate surface area is 150 Å². The van der Waals surface area contributed by atoms with Gasteiger partial charge in [0.1, 0.15) is 6.10 Å². The van der Waals surface area contributed by atoms with Gasteiger partial charge in [0.15, 0.2) is 0 Å². The number of carbonyl (C=O) groups excluding carboxylic acids is 1. The average molecular weight is 346 g/mol. The Morgan fingerprint density at radius 1 is 1.32 bits per heavy atom. The normalized spacial score (nSPS) is 25.6. The van der Waals surface area contributed by atoms with Crippen molar-refractivity contribution in [3.8, 4) is 0 Å². The quantitative estimate of drug-likeness (QED) is 0.823. The van der Waals surface area contributed by atoms with Crippen molar-refractivity contribution in [1.82, 2.24) is 10.2 Å². The summed E-state index contributed by atoms with van der Waals surface area (Å²) in [7, 11) is 0. The van der Waals surface area contributed by atoms with Crippen LogP contribution in [0.4, 0.5) is 0 Å². The van der Waals surface area contributed by atoms with Crippen molar-refractivity contribution in [3.05, 3.63) is 35.9 Å². The molecule has 0 spiro atoms. The van der Waals surface area contributed by atoms with E-state index in [0.29, 0.717) is 6.61 Å². The molecule has 25 heavy (non-hydrogen) atoms. The van der Waals surface area contributed by atoms with E-state index in [9.17, 15) is 4.79 Å². The fraction of sp³-hybridized carbons (Fsp3) is 0.650. The minimum Gasteiger partial charge on any atom is -0.376 e. The van der Waals surface area contributed by atoms with Crippen LogP contribution >= 0.6 is 0 Å². The van der Waals surface area contributed by atoms with E-state index in [4.69, 9.17) is 9.47 Å². The summed E-state index contributed by atoms with van der Waals surface area (Å²) in [6, 6.07) is 10.7. The van der Waals surface area contributed by atoms with Gasteiger partial charge < -0.3 is 14.8 Å². The minimum atomic E-state index is -0.423. The van der Waals surface area contributed by atoms with Gasteiger partial charge in [0.05, 0.1) is 12.7 Å². The number of hydrogen-bond acceptors (Lipinski definition) is 4. The summed E-state index contributed by atoms with van der Waals surface area (Å²) in [4.78, 5) is 14.7. The monoisotopic (exact) mass is 346 g/mol. The smallest absolute Gasteiger partial charge is 0.249 e. The second-order valence-electron chi connectivity index (χ2n) is 7.18. The molecule has 2 aliphatic heterocycles. The molecule has 138 valence electrons. The summed E-state index contributed by atoms with van der Waals surface area (Å²) in [5.41, 5.74) is 1.32. The largest absolute Gasteiger partial charge is 0.376 e. The molecule has 5 heteroatoms. The number of ether oxygens (including phenoxy) is 2. The van der Waals surface area contributed by atoms with Crippen LogP contribution in [0.3, 0.4) is 0 Å². The lowest BCUT2D eigenvalue weighted by Crippen LogP contribution is -2.43. The molecule has 0 aromatic heterocycles. The lowest BCUT2D eigenvalue weighted by Gasteiger charge is -2.24. The third-order valence-electron chi connectivity index (χ3n) is 5.04. The van der Waals surface area contributed by atoms with E-state index >= 15 is 0 Å². The van der Waals surface area contributed by atoms with E-state index in [0.717, 1.165) is 45.5 Å². The molecule has 0 radical (unpaired) electrons. The third kappa shape index (κ3) is 5.80.